The number of halogens is 2. The van der Waals surface area contributed by atoms with Crippen LogP contribution in [0.2, 0.25) is 5.02 Å². The molecule has 1 unspecified atom stereocenters. The minimum atomic E-state index is -0.625. The predicted molar refractivity (Wildman–Crippen MR) is 69.3 cm³/mol. The fraction of sp³-hybridized carbons (Fsp3) is 0.571. The van der Waals surface area contributed by atoms with Gasteiger partial charge >= 0.3 is 0 Å². The summed E-state index contributed by atoms with van der Waals surface area (Å²) in [4.78, 5) is 0. The van der Waals surface area contributed by atoms with Crippen molar-refractivity contribution in [2.24, 2.45) is 0 Å². The summed E-state index contributed by atoms with van der Waals surface area (Å²) in [5, 5.41) is 10.4. The van der Waals surface area contributed by atoms with Gasteiger partial charge in [0, 0.05) is 30.5 Å². The SMILES string of the molecule is COC1(CC(O)Cc2c(F)cccc2Cl)CCC1. The number of ether oxygens (including phenoxy) is 1. The van der Waals surface area contributed by atoms with Gasteiger partial charge in [0.25, 0.3) is 0 Å². The molecule has 0 bridgehead atoms. The molecule has 0 aromatic heterocycles. The number of rotatable bonds is 5. The second-order valence-corrected chi connectivity index (χ2v) is 5.41. The van der Waals surface area contributed by atoms with Crippen molar-refractivity contribution in [3.05, 3.63) is 34.6 Å². The lowest BCUT2D eigenvalue weighted by molar-refractivity contribution is -0.0989. The van der Waals surface area contributed by atoms with Gasteiger partial charge < -0.3 is 9.84 Å². The average molecular weight is 273 g/mol. The largest absolute Gasteiger partial charge is 0.393 e. The summed E-state index contributed by atoms with van der Waals surface area (Å²) < 4.78 is 19.1. The summed E-state index contributed by atoms with van der Waals surface area (Å²) >= 11 is 5.94. The predicted octanol–water partition coefficient (Wildman–Crippen LogP) is 3.34. The fourth-order valence-electron chi connectivity index (χ4n) is 2.53. The quantitative estimate of drug-likeness (QED) is 0.891. The van der Waals surface area contributed by atoms with Crippen molar-refractivity contribution in [2.45, 2.75) is 43.8 Å². The van der Waals surface area contributed by atoms with Crippen LogP contribution >= 0.6 is 11.6 Å². The first-order valence-corrected chi connectivity index (χ1v) is 6.60. The maximum absolute atomic E-state index is 13.6. The van der Waals surface area contributed by atoms with E-state index < -0.39 is 6.10 Å². The average Bonchev–Trinajstić information content (AvgIpc) is 2.29. The molecule has 1 aliphatic carbocycles. The van der Waals surface area contributed by atoms with Crippen LogP contribution in [0, 0.1) is 5.82 Å². The molecule has 1 fully saturated rings. The third-order valence-electron chi connectivity index (χ3n) is 3.81. The Kier molecular flexibility index (Phi) is 4.25. The lowest BCUT2D eigenvalue weighted by Gasteiger charge is -2.41. The zero-order chi connectivity index (χ0) is 13.2. The van der Waals surface area contributed by atoms with Gasteiger partial charge in [-0.25, -0.2) is 4.39 Å². The second-order valence-electron chi connectivity index (χ2n) is 5.00. The smallest absolute Gasteiger partial charge is 0.127 e. The second kappa shape index (κ2) is 5.55. The Labute approximate surface area is 112 Å². The molecule has 100 valence electrons. The number of hydrogen-bond acceptors (Lipinski definition) is 2. The maximum atomic E-state index is 13.6. The molecule has 18 heavy (non-hydrogen) atoms. The Morgan fingerprint density at radius 3 is 2.72 bits per heavy atom. The minimum absolute atomic E-state index is 0.211. The van der Waals surface area contributed by atoms with E-state index in [0.717, 1.165) is 19.3 Å². The van der Waals surface area contributed by atoms with Gasteiger partial charge in [0.1, 0.15) is 5.82 Å². The van der Waals surface area contributed by atoms with Crippen LogP contribution in [0.25, 0.3) is 0 Å². The van der Waals surface area contributed by atoms with E-state index in [1.807, 2.05) is 0 Å². The van der Waals surface area contributed by atoms with E-state index in [-0.39, 0.29) is 17.8 Å². The van der Waals surface area contributed by atoms with Crippen molar-refractivity contribution in [1.82, 2.24) is 0 Å². The topological polar surface area (TPSA) is 29.5 Å². The van der Waals surface area contributed by atoms with Crippen LogP contribution < -0.4 is 0 Å². The number of hydrogen-bond donors (Lipinski definition) is 1. The molecule has 1 atom stereocenters. The summed E-state index contributed by atoms with van der Waals surface area (Å²) in [5.74, 6) is -0.360. The highest BCUT2D eigenvalue weighted by Crippen LogP contribution is 2.39. The highest BCUT2D eigenvalue weighted by molar-refractivity contribution is 6.31. The van der Waals surface area contributed by atoms with Gasteiger partial charge in [0.2, 0.25) is 0 Å². The van der Waals surface area contributed by atoms with E-state index in [0.29, 0.717) is 17.0 Å². The lowest BCUT2D eigenvalue weighted by atomic mass is 9.75. The number of methoxy groups -OCH3 is 1. The highest BCUT2D eigenvalue weighted by Gasteiger charge is 2.38. The summed E-state index contributed by atoms with van der Waals surface area (Å²) in [5.41, 5.74) is 0.175. The summed E-state index contributed by atoms with van der Waals surface area (Å²) in [6.45, 7) is 0. The molecule has 2 nitrogen and oxygen atoms in total. The maximum Gasteiger partial charge on any atom is 0.127 e. The normalized spacial score (nSPS) is 19.3. The zero-order valence-corrected chi connectivity index (χ0v) is 11.2. The van der Waals surface area contributed by atoms with Gasteiger partial charge in [0.15, 0.2) is 0 Å². The monoisotopic (exact) mass is 272 g/mol. The molecule has 1 aliphatic rings. The Morgan fingerprint density at radius 2 is 2.22 bits per heavy atom. The van der Waals surface area contributed by atoms with E-state index in [2.05, 4.69) is 0 Å². The Bertz CT molecular complexity index is 392. The molecule has 1 saturated carbocycles. The van der Waals surface area contributed by atoms with Crippen molar-refractivity contribution >= 4 is 11.6 Å². The molecule has 1 aromatic carbocycles. The van der Waals surface area contributed by atoms with E-state index in [1.54, 1.807) is 19.2 Å². The number of benzene rings is 1. The molecule has 1 aromatic rings. The molecular formula is C14H18ClFO2. The molecular weight excluding hydrogens is 255 g/mol. The molecule has 1 N–H and O–H groups in total. The number of aliphatic hydroxyl groups excluding tert-OH is 1. The Hall–Kier alpha value is -0.640. The third kappa shape index (κ3) is 2.85. The summed E-state index contributed by atoms with van der Waals surface area (Å²) in [7, 11) is 1.67. The lowest BCUT2D eigenvalue weighted by Crippen LogP contribution is -2.42. The van der Waals surface area contributed by atoms with Crippen LogP contribution in [-0.2, 0) is 11.2 Å². The summed E-state index contributed by atoms with van der Waals surface area (Å²) in [6, 6.07) is 4.57. The number of aliphatic hydroxyl groups is 1. The first kappa shape index (κ1) is 13.8. The molecule has 2 rings (SSSR count). The van der Waals surface area contributed by atoms with E-state index in [9.17, 15) is 9.50 Å². The van der Waals surface area contributed by atoms with Gasteiger partial charge in [-0.2, -0.15) is 0 Å². The van der Waals surface area contributed by atoms with Crippen LogP contribution in [0.3, 0.4) is 0 Å². The van der Waals surface area contributed by atoms with Gasteiger partial charge in [-0.3, -0.25) is 0 Å². The molecule has 0 spiro atoms. The van der Waals surface area contributed by atoms with Gasteiger partial charge in [-0.05, 0) is 31.4 Å². The van der Waals surface area contributed by atoms with Crippen molar-refractivity contribution in [2.75, 3.05) is 7.11 Å². The molecule has 0 radical (unpaired) electrons. The third-order valence-corrected chi connectivity index (χ3v) is 4.16. The fourth-order valence-corrected chi connectivity index (χ4v) is 2.77. The standard InChI is InChI=1S/C14H18ClFO2/c1-18-14(6-3-7-14)9-10(17)8-11-12(15)4-2-5-13(11)16/h2,4-5,10,17H,3,6-9H2,1H3. The summed E-state index contributed by atoms with van der Waals surface area (Å²) in [6.07, 6.45) is 3.20. The van der Waals surface area contributed by atoms with Crippen molar-refractivity contribution in [3.8, 4) is 0 Å². The molecule has 0 amide bonds. The van der Waals surface area contributed by atoms with Gasteiger partial charge in [-0.15, -0.1) is 0 Å². The van der Waals surface area contributed by atoms with Crippen LogP contribution in [-0.4, -0.2) is 23.9 Å². The van der Waals surface area contributed by atoms with Crippen molar-refractivity contribution in [1.29, 1.82) is 0 Å². The van der Waals surface area contributed by atoms with Crippen LogP contribution in [0.5, 0.6) is 0 Å². The van der Waals surface area contributed by atoms with E-state index in [1.165, 1.54) is 6.07 Å². The van der Waals surface area contributed by atoms with Crippen molar-refractivity contribution < 1.29 is 14.2 Å². The molecule has 0 heterocycles. The van der Waals surface area contributed by atoms with E-state index in [4.69, 9.17) is 16.3 Å². The van der Waals surface area contributed by atoms with Crippen LogP contribution in [0.1, 0.15) is 31.2 Å². The van der Waals surface area contributed by atoms with Gasteiger partial charge in [-0.1, -0.05) is 17.7 Å². The minimum Gasteiger partial charge on any atom is -0.393 e. The Balaban J connectivity index is 2.01. The van der Waals surface area contributed by atoms with Crippen LogP contribution in [0.4, 0.5) is 4.39 Å². The highest BCUT2D eigenvalue weighted by atomic mass is 35.5. The van der Waals surface area contributed by atoms with Crippen LogP contribution in [0.15, 0.2) is 18.2 Å². The first-order chi connectivity index (χ1) is 8.56. The van der Waals surface area contributed by atoms with E-state index >= 15 is 0 Å². The van der Waals surface area contributed by atoms with Crippen molar-refractivity contribution in [3.63, 3.8) is 0 Å². The van der Waals surface area contributed by atoms with Gasteiger partial charge in [0.05, 0.1) is 11.7 Å². The molecule has 0 saturated heterocycles. The first-order valence-electron chi connectivity index (χ1n) is 6.22. The molecule has 4 heteroatoms. The molecule has 0 aliphatic heterocycles. The Morgan fingerprint density at radius 1 is 1.50 bits per heavy atom. The zero-order valence-electron chi connectivity index (χ0n) is 10.5.